The SMILES string of the molecule is Nc1ccc(NC(=O)[C@H]2CC(=O)N(Cc3ccccn3)C2)cn1. The second-order valence-electron chi connectivity index (χ2n) is 5.46. The molecule has 0 spiro atoms. The summed E-state index contributed by atoms with van der Waals surface area (Å²) < 4.78 is 0. The van der Waals surface area contributed by atoms with Crippen LogP contribution in [0.5, 0.6) is 0 Å². The Bertz CT molecular complexity index is 702. The highest BCUT2D eigenvalue weighted by molar-refractivity contribution is 5.97. The zero-order chi connectivity index (χ0) is 16.2. The standard InChI is InChI=1S/C16H17N5O2/c17-14-5-4-12(8-19-14)20-16(23)11-7-15(22)21(9-11)10-13-3-1-2-6-18-13/h1-6,8,11H,7,9-10H2,(H2,17,19)(H,20,23)/t11-/m0/s1. The van der Waals surface area contributed by atoms with Crippen LogP contribution in [0.1, 0.15) is 12.1 Å². The Morgan fingerprint density at radius 3 is 2.87 bits per heavy atom. The van der Waals surface area contributed by atoms with E-state index in [0.717, 1.165) is 5.69 Å². The molecule has 2 amide bonds. The number of aromatic nitrogens is 2. The number of rotatable bonds is 4. The molecular formula is C16H17N5O2. The second kappa shape index (κ2) is 6.43. The lowest BCUT2D eigenvalue weighted by Gasteiger charge is -2.16. The summed E-state index contributed by atoms with van der Waals surface area (Å²) in [6.07, 6.45) is 3.39. The lowest BCUT2D eigenvalue weighted by atomic mass is 10.1. The summed E-state index contributed by atoms with van der Waals surface area (Å²) in [5.74, 6) is -0.205. The fraction of sp³-hybridized carbons (Fsp3) is 0.250. The zero-order valence-electron chi connectivity index (χ0n) is 12.5. The number of nitrogens with two attached hydrogens (primary N) is 1. The number of amides is 2. The predicted octanol–water partition coefficient (Wildman–Crippen LogP) is 1.05. The van der Waals surface area contributed by atoms with Gasteiger partial charge in [-0.05, 0) is 24.3 Å². The van der Waals surface area contributed by atoms with E-state index in [0.29, 0.717) is 24.6 Å². The van der Waals surface area contributed by atoms with Crippen LogP contribution in [0.4, 0.5) is 11.5 Å². The van der Waals surface area contributed by atoms with Crippen molar-refractivity contribution in [2.24, 2.45) is 5.92 Å². The highest BCUT2D eigenvalue weighted by atomic mass is 16.2. The molecule has 3 heterocycles. The van der Waals surface area contributed by atoms with Gasteiger partial charge in [-0.2, -0.15) is 0 Å². The van der Waals surface area contributed by atoms with Gasteiger partial charge in [0.2, 0.25) is 11.8 Å². The van der Waals surface area contributed by atoms with Crippen molar-refractivity contribution in [3.8, 4) is 0 Å². The molecule has 1 saturated heterocycles. The maximum absolute atomic E-state index is 12.3. The van der Waals surface area contributed by atoms with Crippen LogP contribution >= 0.6 is 0 Å². The van der Waals surface area contributed by atoms with Crippen molar-refractivity contribution in [1.29, 1.82) is 0 Å². The molecule has 2 aromatic rings. The molecule has 3 rings (SSSR count). The van der Waals surface area contributed by atoms with Crippen molar-refractivity contribution in [2.45, 2.75) is 13.0 Å². The van der Waals surface area contributed by atoms with Crippen LogP contribution in [0.3, 0.4) is 0 Å². The highest BCUT2D eigenvalue weighted by Crippen LogP contribution is 2.21. The van der Waals surface area contributed by atoms with Crippen LogP contribution in [0, 0.1) is 5.92 Å². The number of pyridine rings is 2. The minimum absolute atomic E-state index is 0.0359. The molecule has 1 aliphatic rings. The average molecular weight is 311 g/mol. The number of hydrogen-bond donors (Lipinski definition) is 2. The molecule has 1 fully saturated rings. The third kappa shape index (κ3) is 3.63. The first-order valence-electron chi connectivity index (χ1n) is 7.32. The fourth-order valence-corrected chi connectivity index (χ4v) is 2.51. The van der Waals surface area contributed by atoms with Crippen LogP contribution in [0.25, 0.3) is 0 Å². The minimum Gasteiger partial charge on any atom is -0.384 e. The first kappa shape index (κ1) is 15.0. The largest absolute Gasteiger partial charge is 0.384 e. The van der Waals surface area contributed by atoms with E-state index in [-0.39, 0.29) is 24.2 Å². The quantitative estimate of drug-likeness (QED) is 0.878. The number of carbonyl (C=O) groups is 2. The molecule has 2 aromatic heterocycles. The van der Waals surface area contributed by atoms with E-state index in [2.05, 4.69) is 15.3 Å². The van der Waals surface area contributed by atoms with Gasteiger partial charge in [0.1, 0.15) is 5.82 Å². The number of nitrogen functional groups attached to an aromatic ring is 1. The van der Waals surface area contributed by atoms with Crippen molar-refractivity contribution in [1.82, 2.24) is 14.9 Å². The molecule has 0 aliphatic carbocycles. The number of likely N-dealkylation sites (tertiary alicyclic amines) is 1. The molecule has 118 valence electrons. The lowest BCUT2D eigenvalue weighted by Crippen LogP contribution is -2.28. The van der Waals surface area contributed by atoms with Gasteiger partial charge in [0.15, 0.2) is 0 Å². The van der Waals surface area contributed by atoms with Gasteiger partial charge < -0.3 is 16.0 Å². The summed E-state index contributed by atoms with van der Waals surface area (Å²) in [5.41, 5.74) is 6.89. The molecule has 7 nitrogen and oxygen atoms in total. The summed E-state index contributed by atoms with van der Waals surface area (Å²) in [4.78, 5) is 34.1. The molecule has 0 unspecified atom stereocenters. The van der Waals surface area contributed by atoms with Crippen molar-refractivity contribution >= 4 is 23.3 Å². The van der Waals surface area contributed by atoms with E-state index in [1.54, 1.807) is 23.2 Å². The molecule has 0 radical (unpaired) electrons. The maximum atomic E-state index is 12.3. The fourth-order valence-electron chi connectivity index (χ4n) is 2.51. The minimum atomic E-state index is -0.372. The Morgan fingerprint density at radius 2 is 2.17 bits per heavy atom. The van der Waals surface area contributed by atoms with Crippen LogP contribution in [-0.2, 0) is 16.1 Å². The van der Waals surface area contributed by atoms with Crippen LogP contribution < -0.4 is 11.1 Å². The van der Waals surface area contributed by atoms with Gasteiger partial charge in [-0.15, -0.1) is 0 Å². The molecule has 0 bridgehead atoms. The number of nitrogens with one attached hydrogen (secondary N) is 1. The Hall–Kier alpha value is -2.96. The maximum Gasteiger partial charge on any atom is 0.229 e. The average Bonchev–Trinajstić information content (AvgIpc) is 2.92. The van der Waals surface area contributed by atoms with Gasteiger partial charge in [0, 0.05) is 19.2 Å². The zero-order valence-corrected chi connectivity index (χ0v) is 12.5. The Kier molecular flexibility index (Phi) is 4.18. The van der Waals surface area contributed by atoms with Crippen molar-refractivity contribution in [2.75, 3.05) is 17.6 Å². The van der Waals surface area contributed by atoms with Gasteiger partial charge >= 0.3 is 0 Å². The summed E-state index contributed by atoms with van der Waals surface area (Å²) in [6.45, 7) is 0.816. The first-order valence-corrected chi connectivity index (χ1v) is 7.32. The van der Waals surface area contributed by atoms with Gasteiger partial charge in [-0.1, -0.05) is 6.07 Å². The molecular weight excluding hydrogens is 294 g/mol. The predicted molar refractivity (Wildman–Crippen MR) is 85.0 cm³/mol. The molecule has 1 aliphatic heterocycles. The number of anilines is 2. The number of hydrogen-bond acceptors (Lipinski definition) is 5. The highest BCUT2D eigenvalue weighted by Gasteiger charge is 2.34. The smallest absolute Gasteiger partial charge is 0.229 e. The Labute approximate surface area is 133 Å². The van der Waals surface area contributed by atoms with Crippen LogP contribution in [0.2, 0.25) is 0 Å². The van der Waals surface area contributed by atoms with Gasteiger partial charge in [-0.25, -0.2) is 4.98 Å². The molecule has 23 heavy (non-hydrogen) atoms. The Balaban J connectivity index is 1.60. The van der Waals surface area contributed by atoms with Gasteiger partial charge in [0.05, 0.1) is 30.0 Å². The van der Waals surface area contributed by atoms with E-state index in [1.807, 2.05) is 18.2 Å². The first-order chi connectivity index (χ1) is 11.1. The monoisotopic (exact) mass is 311 g/mol. The topological polar surface area (TPSA) is 101 Å². The van der Waals surface area contributed by atoms with Crippen LogP contribution in [0.15, 0.2) is 42.7 Å². The summed E-state index contributed by atoms with van der Waals surface area (Å²) >= 11 is 0. The summed E-state index contributed by atoms with van der Waals surface area (Å²) in [5, 5.41) is 2.76. The van der Waals surface area contributed by atoms with E-state index < -0.39 is 0 Å². The van der Waals surface area contributed by atoms with Gasteiger partial charge in [0.25, 0.3) is 0 Å². The van der Waals surface area contributed by atoms with E-state index in [9.17, 15) is 9.59 Å². The molecule has 3 N–H and O–H groups in total. The number of carbonyl (C=O) groups excluding carboxylic acids is 2. The Morgan fingerprint density at radius 1 is 1.30 bits per heavy atom. The molecule has 0 aromatic carbocycles. The van der Waals surface area contributed by atoms with E-state index in [4.69, 9.17) is 5.73 Å². The van der Waals surface area contributed by atoms with Crippen molar-refractivity contribution in [3.05, 3.63) is 48.4 Å². The van der Waals surface area contributed by atoms with E-state index >= 15 is 0 Å². The van der Waals surface area contributed by atoms with Crippen molar-refractivity contribution in [3.63, 3.8) is 0 Å². The van der Waals surface area contributed by atoms with E-state index in [1.165, 1.54) is 6.20 Å². The summed E-state index contributed by atoms with van der Waals surface area (Å²) in [7, 11) is 0. The summed E-state index contributed by atoms with van der Waals surface area (Å²) in [6, 6.07) is 8.86. The van der Waals surface area contributed by atoms with Crippen LogP contribution in [-0.4, -0.2) is 33.2 Å². The molecule has 0 saturated carbocycles. The van der Waals surface area contributed by atoms with Crippen molar-refractivity contribution < 1.29 is 9.59 Å². The van der Waals surface area contributed by atoms with Gasteiger partial charge in [-0.3, -0.25) is 14.6 Å². The molecule has 7 heteroatoms. The third-order valence-electron chi connectivity index (χ3n) is 3.72. The third-order valence-corrected chi connectivity index (χ3v) is 3.72. The molecule has 1 atom stereocenters. The normalized spacial score (nSPS) is 17.3. The number of nitrogens with zero attached hydrogens (tertiary/aromatic N) is 3. The second-order valence-corrected chi connectivity index (χ2v) is 5.46. The lowest BCUT2D eigenvalue weighted by molar-refractivity contribution is -0.128.